The van der Waals surface area contributed by atoms with Crippen molar-refractivity contribution in [1.29, 1.82) is 0 Å². The van der Waals surface area contributed by atoms with E-state index < -0.39 is 11.8 Å². The molecule has 1 aliphatic carbocycles. The summed E-state index contributed by atoms with van der Waals surface area (Å²) in [6.45, 7) is 7.91. The third-order valence-corrected chi connectivity index (χ3v) is 5.23. The number of allylic oxidation sites excluding steroid dienone is 1. The molecule has 7 heteroatoms. The van der Waals surface area contributed by atoms with E-state index >= 15 is 0 Å². The number of aromatic amines is 1. The standard InChI is InChI=1S/C17H20F2N4O.C3H6/c1-10-2-3-11(8-23(10)9-24)22-14-4-5-20-16-15(14)12(7-21-16)13-6-17(13,18)19;1-3-2/h4-5,7,9-11,13H,2-3,6,8H2,1H3,(H2,20,21,22);3H,1H2,2H3. The summed E-state index contributed by atoms with van der Waals surface area (Å²) in [7, 11) is 0. The molecule has 1 aliphatic heterocycles. The van der Waals surface area contributed by atoms with Gasteiger partial charge in [-0.1, -0.05) is 6.08 Å². The number of piperidine rings is 1. The van der Waals surface area contributed by atoms with Gasteiger partial charge in [0.25, 0.3) is 5.92 Å². The summed E-state index contributed by atoms with van der Waals surface area (Å²) >= 11 is 0. The third-order valence-electron chi connectivity index (χ3n) is 5.23. The molecule has 2 aliphatic rings. The summed E-state index contributed by atoms with van der Waals surface area (Å²) in [5.41, 5.74) is 2.06. The van der Waals surface area contributed by atoms with Gasteiger partial charge < -0.3 is 15.2 Å². The molecule has 0 aromatic carbocycles. The lowest BCUT2D eigenvalue weighted by atomic mass is 9.99. The number of nitrogens with zero attached hydrogens (tertiary/aromatic N) is 2. The minimum Gasteiger partial charge on any atom is -0.380 e. The molecule has 0 radical (unpaired) electrons. The molecule has 3 heterocycles. The zero-order valence-corrected chi connectivity index (χ0v) is 15.7. The summed E-state index contributed by atoms with van der Waals surface area (Å²) < 4.78 is 27.0. The van der Waals surface area contributed by atoms with Crippen LogP contribution >= 0.6 is 0 Å². The van der Waals surface area contributed by atoms with Gasteiger partial charge >= 0.3 is 0 Å². The van der Waals surface area contributed by atoms with E-state index in [9.17, 15) is 13.6 Å². The number of aromatic nitrogens is 2. The smallest absolute Gasteiger partial charge is 0.256 e. The average molecular weight is 376 g/mol. The molecule has 5 nitrogen and oxygen atoms in total. The van der Waals surface area contributed by atoms with E-state index in [4.69, 9.17) is 0 Å². The highest BCUT2D eigenvalue weighted by atomic mass is 19.3. The van der Waals surface area contributed by atoms with Gasteiger partial charge in [0.2, 0.25) is 6.41 Å². The fourth-order valence-electron chi connectivity index (χ4n) is 3.65. The molecule has 3 unspecified atom stereocenters. The molecule has 4 rings (SSSR count). The fraction of sp³-hybridized carbons (Fsp3) is 0.500. The average Bonchev–Trinajstić information content (AvgIpc) is 3.06. The van der Waals surface area contributed by atoms with E-state index in [1.807, 2.05) is 19.9 Å². The third kappa shape index (κ3) is 3.96. The van der Waals surface area contributed by atoms with Gasteiger partial charge in [0.05, 0.1) is 5.92 Å². The number of amides is 1. The number of rotatable bonds is 4. The largest absolute Gasteiger partial charge is 0.380 e. The van der Waals surface area contributed by atoms with Crippen LogP contribution in [0, 0.1) is 0 Å². The first-order valence-electron chi connectivity index (χ1n) is 9.29. The molecule has 1 saturated heterocycles. The van der Waals surface area contributed by atoms with Crippen molar-refractivity contribution in [2.45, 2.75) is 57.0 Å². The molecule has 2 fully saturated rings. The van der Waals surface area contributed by atoms with Gasteiger partial charge in [0, 0.05) is 48.5 Å². The van der Waals surface area contributed by atoms with Crippen molar-refractivity contribution in [3.05, 3.63) is 36.7 Å². The van der Waals surface area contributed by atoms with Crippen molar-refractivity contribution < 1.29 is 13.6 Å². The Kier molecular flexibility index (Phi) is 5.48. The van der Waals surface area contributed by atoms with Gasteiger partial charge in [0.15, 0.2) is 0 Å². The molecule has 1 saturated carbocycles. The first-order chi connectivity index (χ1) is 12.9. The topological polar surface area (TPSA) is 61.0 Å². The van der Waals surface area contributed by atoms with Crippen LogP contribution in [0.2, 0.25) is 0 Å². The van der Waals surface area contributed by atoms with Crippen molar-refractivity contribution >= 4 is 23.1 Å². The first-order valence-corrected chi connectivity index (χ1v) is 9.29. The van der Waals surface area contributed by atoms with Crippen molar-refractivity contribution in [1.82, 2.24) is 14.9 Å². The Balaban J connectivity index is 0.000000659. The van der Waals surface area contributed by atoms with E-state index in [0.29, 0.717) is 17.8 Å². The van der Waals surface area contributed by atoms with Gasteiger partial charge in [-0.15, -0.1) is 6.58 Å². The predicted octanol–water partition coefficient (Wildman–Crippen LogP) is 4.30. The molecule has 0 spiro atoms. The maximum Gasteiger partial charge on any atom is 0.256 e. The number of H-pyrrole nitrogens is 1. The molecule has 3 atom stereocenters. The van der Waals surface area contributed by atoms with E-state index in [2.05, 4.69) is 21.9 Å². The molecule has 146 valence electrons. The van der Waals surface area contributed by atoms with Gasteiger partial charge in [0.1, 0.15) is 5.65 Å². The van der Waals surface area contributed by atoms with E-state index in [0.717, 1.165) is 30.3 Å². The maximum absolute atomic E-state index is 13.5. The highest BCUT2D eigenvalue weighted by Crippen LogP contribution is 2.57. The van der Waals surface area contributed by atoms with Crippen LogP contribution in [0.4, 0.5) is 14.5 Å². The lowest BCUT2D eigenvalue weighted by Gasteiger charge is -2.36. The number of hydrogen-bond donors (Lipinski definition) is 2. The van der Waals surface area contributed by atoms with Crippen LogP contribution in [-0.2, 0) is 4.79 Å². The monoisotopic (exact) mass is 376 g/mol. The second-order valence-electron chi connectivity index (χ2n) is 7.32. The summed E-state index contributed by atoms with van der Waals surface area (Å²) in [6.07, 6.45) is 7.70. The van der Waals surface area contributed by atoms with Crippen LogP contribution in [-0.4, -0.2) is 45.8 Å². The van der Waals surface area contributed by atoms with Gasteiger partial charge in [-0.05, 0) is 38.3 Å². The Morgan fingerprint density at radius 1 is 1.44 bits per heavy atom. The molecule has 0 bridgehead atoms. The molecule has 1 amide bonds. The van der Waals surface area contributed by atoms with Gasteiger partial charge in [-0.25, -0.2) is 13.8 Å². The number of likely N-dealkylation sites (tertiary alicyclic amines) is 1. The number of alkyl halides is 2. The summed E-state index contributed by atoms with van der Waals surface area (Å²) in [4.78, 5) is 20.2. The number of carbonyl (C=O) groups excluding carboxylic acids is 1. The summed E-state index contributed by atoms with van der Waals surface area (Å²) in [5, 5.41) is 4.19. The van der Waals surface area contributed by atoms with E-state index in [1.165, 1.54) is 0 Å². The maximum atomic E-state index is 13.5. The highest BCUT2D eigenvalue weighted by Gasteiger charge is 2.58. The number of pyridine rings is 1. The highest BCUT2D eigenvalue weighted by molar-refractivity contribution is 5.93. The summed E-state index contributed by atoms with van der Waals surface area (Å²) in [5.74, 6) is -3.34. The number of halogens is 2. The lowest BCUT2D eigenvalue weighted by molar-refractivity contribution is -0.121. The van der Waals surface area contributed by atoms with Crippen LogP contribution in [0.3, 0.4) is 0 Å². The fourth-order valence-corrected chi connectivity index (χ4v) is 3.65. The zero-order valence-electron chi connectivity index (χ0n) is 15.7. The van der Waals surface area contributed by atoms with Crippen molar-refractivity contribution in [2.75, 3.05) is 11.9 Å². The van der Waals surface area contributed by atoms with Crippen molar-refractivity contribution in [3.63, 3.8) is 0 Å². The second-order valence-corrected chi connectivity index (χ2v) is 7.32. The Morgan fingerprint density at radius 2 is 2.15 bits per heavy atom. The minimum atomic E-state index is -2.61. The van der Waals surface area contributed by atoms with E-state index in [1.54, 1.807) is 23.4 Å². The minimum absolute atomic E-state index is 0.103. The van der Waals surface area contributed by atoms with Crippen LogP contribution < -0.4 is 5.32 Å². The Labute approximate surface area is 157 Å². The molecular weight excluding hydrogens is 350 g/mol. The van der Waals surface area contributed by atoms with Crippen LogP contribution in [0.25, 0.3) is 11.0 Å². The SMILES string of the molecule is C=CC.CC1CCC(Nc2ccnc3[nH]cc(C4CC4(F)F)c23)CN1C=O. The van der Waals surface area contributed by atoms with Crippen LogP contribution in [0.1, 0.15) is 44.6 Å². The molecule has 2 aromatic heterocycles. The Hall–Kier alpha value is -2.44. The molecule has 2 N–H and O–H groups in total. The van der Waals surface area contributed by atoms with E-state index in [-0.39, 0.29) is 18.5 Å². The molecular formula is C20H26F2N4O. The van der Waals surface area contributed by atoms with Crippen LogP contribution in [0.15, 0.2) is 31.1 Å². The lowest BCUT2D eigenvalue weighted by Crippen LogP contribution is -2.46. The quantitative estimate of drug-likeness (QED) is 0.618. The Morgan fingerprint density at radius 3 is 2.78 bits per heavy atom. The van der Waals surface area contributed by atoms with Crippen molar-refractivity contribution in [2.24, 2.45) is 0 Å². The number of nitrogens with one attached hydrogen (secondary N) is 2. The first kappa shape index (κ1) is 19.3. The number of anilines is 1. The molecule has 27 heavy (non-hydrogen) atoms. The number of hydrogen-bond acceptors (Lipinski definition) is 3. The number of carbonyl (C=O) groups is 1. The number of fused-ring (bicyclic) bond motifs is 1. The second kappa shape index (κ2) is 7.66. The summed E-state index contributed by atoms with van der Waals surface area (Å²) in [6, 6.07) is 2.18. The predicted molar refractivity (Wildman–Crippen MR) is 103 cm³/mol. The normalized spacial score (nSPS) is 26.1. The van der Waals surface area contributed by atoms with Crippen LogP contribution in [0.5, 0.6) is 0 Å². The molecule has 2 aromatic rings. The zero-order chi connectivity index (χ0) is 19.6. The van der Waals surface area contributed by atoms with Gasteiger partial charge in [-0.3, -0.25) is 4.79 Å². The Bertz CT molecular complexity index is 819. The van der Waals surface area contributed by atoms with Gasteiger partial charge in [-0.2, -0.15) is 0 Å². The van der Waals surface area contributed by atoms with Crippen molar-refractivity contribution in [3.8, 4) is 0 Å².